The van der Waals surface area contributed by atoms with E-state index in [0.717, 1.165) is 12.1 Å². The maximum atomic E-state index is 13.2. The molecule has 0 heterocycles. The van der Waals surface area contributed by atoms with Crippen molar-refractivity contribution in [2.75, 3.05) is 0 Å². The van der Waals surface area contributed by atoms with Gasteiger partial charge >= 0.3 is 58.4 Å². The summed E-state index contributed by atoms with van der Waals surface area (Å²) < 4.78 is 55.7. The van der Waals surface area contributed by atoms with Crippen LogP contribution in [0.3, 0.4) is 0 Å². The smallest absolute Gasteiger partial charge is 0.489 e. The van der Waals surface area contributed by atoms with Gasteiger partial charge in [0.05, 0.1) is 5.02 Å². The second-order valence-electron chi connectivity index (χ2n) is 4.18. The van der Waals surface area contributed by atoms with Crippen LogP contribution in [0.15, 0.2) is 42.5 Å². The zero-order valence-corrected chi connectivity index (χ0v) is 15.0. The summed E-state index contributed by atoms with van der Waals surface area (Å²) >= 11 is 5.54. The minimum Gasteiger partial charge on any atom is -0.489 e. The van der Waals surface area contributed by atoms with Crippen LogP contribution in [0.1, 0.15) is 5.56 Å². The molecule has 0 aliphatic carbocycles. The molecule has 0 spiro atoms. The summed E-state index contributed by atoms with van der Waals surface area (Å²) in [5.74, 6) is -0.285. The largest absolute Gasteiger partial charge is 1.00 e. The van der Waals surface area contributed by atoms with E-state index in [4.69, 9.17) is 16.3 Å². The van der Waals surface area contributed by atoms with Crippen molar-refractivity contribution < 1.29 is 73.5 Å². The van der Waals surface area contributed by atoms with E-state index < -0.39 is 18.3 Å². The van der Waals surface area contributed by atoms with E-state index in [1.165, 1.54) is 24.3 Å². The van der Waals surface area contributed by atoms with Crippen molar-refractivity contribution in [2.45, 2.75) is 6.61 Å². The first-order chi connectivity index (χ1) is 9.36. The Balaban J connectivity index is 0.00000220. The quantitative estimate of drug-likeness (QED) is 0.598. The molecule has 0 saturated carbocycles. The first kappa shape index (κ1) is 19.0. The van der Waals surface area contributed by atoms with Gasteiger partial charge in [-0.3, -0.25) is 0 Å². The number of halogens is 5. The molecule has 0 saturated heterocycles. The van der Waals surface area contributed by atoms with Crippen LogP contribution in [0.4, 0.5) is 17.3 Å². The molecule has 0 bridgehead atoms. The van der Waals surface area contributed by atoms with Gasteiger partial charge in [0.2, 0.25) is 0 Å². The van der Waals surface area contributed by atoms with Gasteiger partial charge in [0.15, 0.2) is 0 Å². The van der Waals surface area contributed by atoms with Gasteiger partial charge in [0, 0.05) is 0 Å². The summed E-state index contributed by atoms with van der Waals surface area (Å²) in [6, 6.07) is 8.57. The Morgan fingerprint density at radius 1 is 1.00 bits per heavy atom. The fourth-order valence-electron chi connectivity index (χ4n) is 1.58. The first-order valence-electron chi connectivity index (χ1n) is 5.73. The monoisotopic (exact) mass is 342 g/mol. The Bertz CT molecular complexity index is 604. The van der Waals surface area contributed by atoms with Crippen molar-refractivity contribution in [3.63, 3.8) is 0 Å². The van der Waals surface area contributed by atoms with Crippen LogP contribution in [0.25, 0.3) is 0 Å². The van der Waals surface area contributed by atoms with Gasteiger partial charge in [-0.25, -0.2) is 4.39 Å². The second kappa shape index (κ2) is 7.99. The second-order valence-corrected chi connectivity index (χ2v) is 4.59. The molecular formula is C13H9BClF4KO. The third-order valence-electron chi connectivity index (χ3n) is 2.65. The van der Waals surface area contributed by atoms with Crippen LogP contribution in [0.5, 0.6) is 5.75 Å². The Kier molecular flexibility index (Phi) is 7.23. The van der Waals surface area contributed by atoms with E-state index in [1.54, 1.807) is 6.07 Å². The molecule has 2 rings (SSSR count). The predicted octanol–water partition coefficient (Wildman–Crippen LogP) is 1.12. The van der Waals surface area contributed by atoms with Crippen LogP contribution >= 0.6 is 11.6 Å². The average molecular weight is 343 g/mol. The molecule has 0 aliphatic rings. The van der Waals surface area contributed by atoms with Crippen molar-refractivity contribution in [3.05, 3.63) is 58.9 Å². The summed E-state index contributed by atoms with van der Waals surface area (Å²) in [6.45, 7) is -4.96. The molecule has 0 amide bonds. The van der Waals surface area contributed by atoms with Crippen molar-refractivity contribution in [2.24, 2.45) is 0 Å². The van der Waals surface area contributed by atoms with Crippen LogP contribution in [0, 0.1) is 5.82 Å². The van der Waals surface area contributed by atoms with Gasteiger partial charge in [-0.15, -0.1) is 5.46 Å². The number of benzene rings is 2. The van der Waals surface area contributed by atoms with Crippen molar-refractivity contribution in [1.29, 1.82) is 0 Å². The topological polar surface area (TPSA) is 9.23 Å². The molecule has 0 N–H and O–H groups in total. The summed E-state index contributed by atoms with van der Waals surface area (Å²) in [5.41, 5.74) is -0.147. The number of hydrogen-bond donors (Lipinski definition) is 0. The van der Waals surface area contributed by atoms with Crippen LogP contribution in [-0.2, 0) is 6.61 Å². The Hall–Kier alpha value is -0.0487. The number of ether oxygens (including phenoxy) is 1. The SMILES string of the molecule is Fc1cc(COc2ccc([B-](F)(F)F)cc2)ccc1Cl.[K+]. The predicted molar refractivity (Wildman–Crippen MR) is 70.9 cm³/mol. The van der Waals surface area contributed by atoms with E-state index in [0.29, 0.717) is 5.56 Å². The third-order valence-corrected chi connectivity index (χ3v) is 2.95. The molecule has 0 unspecified atom stereocenters. The molecule has 1 nitrogen and oxygen atoms in total. The van der Waals surface area contributed by atoms with Gasteiger partial charge in [-0.2, -0.15) is 0 Å². The number of hydrogen-bond acceptors (Lipinski definition) is 1. The molecule has 21 heavy (non-hydrogen) atoms. The van der Waals surface area contributed by atoms with Gasteiger partial charge in [-0.1, -0.05) is 29.8 Å². The zero-order chi connectivity index (χ0) is 14.8. The summed E-state index contributed by atoms with van der Waals surface area (Å²) in [5, 5.41) is 0.00510. The molecule has 0 radical (unpaired) electrons. The van der Waals surface area contributed by atoms with Crippen molar-refractivity contribution >= 4 is 24.0 Å². The van der Waals surface area contributed by atoms with Crippen LogP contribution in [-0.4, -0.2) is 6.98 Å². The van der Waals surface area contributed by atoms with Crippen molar-refractivity contribution in [3.8, 4) is 5.75 Å². The van der Waals surface area contributed by atoms with E-state index in [1.807, 2.05) is 0 Å². The molecule has 0 aromatic heterocycles. The summed E-state index contributed by atoms with van der Waals surface area (Å²) in [6.07, 6.45) is 0. The van der Waals surface area contributed by atoms with Crippen LogP contribution in [0.2, 0.25) is 5.02 Å². The van der Waals surface area contributed by atoms with Crippen LogP contribution < -0.4 is 61.6 Å². The molecule has 2 aromatic carbocycles. The Labute approximate surface area is 167 Å². The maximum Gasteiger partial charge on any atom is 1.00 e. The van der Waals surface area contributed by atoms with Crippen molar-refractivity contribution in [1.82, 2.24) is 0 Å². The van der Waals surface area contributed by atoms with E-state index in [9.17, 15) is 17.3 Å². The zero-order valence-electron chi connectivity index (χ0n) is 11.1. The minimum absolute atomic E-state index is 0. The third kappa shape index (κ3) is 5.58. The minimum atomic E-state index is -5.01. The number of rotatable bonds is 4. The van der Waals surface area contributed by atoms with Gasteiger partial charge in [0.25, 0.3) is 0 Å². The molecule has 0 fully saturated rings. The Morgan fingerprint density at radius 3 is 2.14 bits per heavy atom. The molecular weight excluding hydrogens is 333 g/mol. The standard InChI is InChI=1S/C13H9BClF4O.K/c15-12-6-1-9(7-13(12)16)8-20-11-4-2-10(3-5-11)14(17,18)19;/h1-7H,8H2;/q-1;+1. The van der Waals surface area contributed by atoms with E-state index in [2.05, 4.69) is 0 Å². The summed E-state index contributed by atoms with van der Waals surface area (Å²) in [7, 11) is 0. The molecule has 0 atom stereocenters. The average Bonchev–Trinajstić information content (AvgIpc) is 2.40. The maximum absolute atomic E-state index is 13.2. The molecule has 2 aromatic rings. The van der Waals surface area contributed by atoms with Gasteiger partial charge < -0.3 is 17.7 Å². The first-order valence-corrected chi connectivity index (χ1v) is 6.11. The fraction of sp³-hybridized carbons (Fsp3) is 0.0769. The normalized spacial score (nSPS) is 10.9. The molecule has 106 valence electrons. The Morgan fingerprint density at radius 2 is 1.62 bits per heavy atom. The molecule has 0 aliphatic heterocycles. The molecule has 8 heteroatoms. The van der Waals surface area contributed by atoms with Gasteiger partial charge in [0.1, 0.15) is 18.2 Å². The summed E-state index contributed by atoms with van der Waals surface area (Å²) in [4.78, 5) is 0. The fourth-order valence-corrected chi connectivity index (χ4v) is 1.70. The van der Waals surface area contributed by atoms with Gasteiger partial charge in [-0.05, 0) is 29.8 Å². The van der Waals surface area contributed by atoms with E-state index >= 15 is 0 Å². The van der Waals surface area contributed by atoms with E-state index in [-0.39, 0.29) is 68.8 Å².